The average Bonchev–Trinajstić information content (AvgIpc) is 3.20. The standard InChI is InChI=1S/C17H22N4O3/c1-12(2)16(23)21-7-5-17(11-21)8-14(20-24-17)15(22)19-10-13-4-3-6-18-9-13/h3-4,6,9,12H,5,7-8,10-11H2,1-2H3,(H,19,22). The van der Waals surface area contributed by atoms with Crippen LogP contribution in [0.2, 0.25) is 0 Å². The predicted molar refractivity (Wildman–Crippen MR) is 88.0 cm³/mol. The number of nitrogens with one attached hydrogen (secondary N) is 1. The summed E-state index contributed by atoms with van der Waals surface area (Å²) in [4.78, 5) is 35.8. The van der Waals surface area contributed by atoms with Gasteiger partial charge in [-0.2, -0.15) is 0 Å². The zero-order chi connectivity index (χ0) is 17.2. The van der Waals surface area contributed by atoms with E-state index in [1.54, 1.807) is 17.3 Å². The largest absolute Gasteiger partial charge is 0.386 e. The van der Waals surface area contributed by atoms with Crippen molar-refractivity contribution in [2.24, 2.45) is 11.1 Å². The first-order chi connectivity index (χ1) is 11.5. The van der Waals surface area contributed by atoms with Crippen molar-refractivity contribution >= 4 is 17.5 Å². The van der Waals surface area contributed by atoms with Crippen LogP contribution in [-0.2, 0) is 21.0 Å². The second kappa shape index (κ2) is 6.59. The summed E-state index contributed by atoms with van der Waals surface area (Å²) in [6.07, 6.45) is 4.54. The summed E-state index contributed by atoms with van der Waals surface area (Å²) in [5.41, 5.74) is 0.776. The van der Waals surface area contributed by atoms with Gasteiger partial charge in [0.05, 0.1) is 6.54 Å². The molecule has 1 atom stereocenters. The molecule has 24 heavy (non-hydrogen) atoms. The van der Waals surface area contributed by atoms with Crippen LogP contribution in [0.15, 0.2) is 29.7 Å². The number of amides is 2. The highest BCUT2D eigenvalue weighted by atomic mass is 16.7. The van der Waals surface area contributed by atoms with Crippen molar-refractivity contribution < 1.29 is 14.4 Å². The van der Waals surface area contributed by atoms with Crippen molar-refractivity contribution in [1.82, 2.24) is 15.2 Å². The number of pyridine rings is 1. The van der Waals surface area contributed by atoms with Crippen molar-refractivity contribution in [3.05, 3.63) is 30.1 Å². The quantitative estimate of drug-likeness (QED) is 0.896. The second-order valence-electron chi connectivity index (χ2n) is 6.70. The van der Waals surface area contributed by atoms with Crippen LogP contribution in [-0.4, -0.2) is 46.1 Å². The minimum absolute atomic E-state index is 0.0373. The maximum absolute atomic E-state index is 12.3. The second-order valence-corrected chi connectivity index (χ2v) is 6.70. The van der Waals surface area contributed by atoms with Gasteiger partial charge in [0.1, 0.15) is 5.71 Å². The van der Waals surface area contributed by atoms with E-state index in [1.165, 1.54) is 0 Å². The third kappa shape index (κ3) is 3.39. The molecule has 7 nitrogen and oxygen atoms in total. The summed E-state index contributed by atoms with van der Waals surface area (Å²) >= 11 is 0. The fraction of sp³-hybridized carbons (Fsp3) is 0.529. The van der Waals surface area contributed by atoms with Crippen molar-refractivity contribution in [3.63, 3.8) is 0 Å². The monoisotopic (exact) mass is 330 g/mol. The summed E-state index contributed by atoms with van der Waals surface area (Å²) < 4.78 is 0. The van der Waals surface area contributed by atoms with Gasteiger partial charge in [-0.05, 0) is 11.6 Å². The van der Waals surface area contributed by atoms with Crippen molar-refractivity contribution in [2.45, 2.75) is 38.8 Å². The van der Waals surface area contributed by atoms with Gasteiger partial charge in [-0.3, -0.25) is 14.6 Å². The van der Waals surface area contributed by atoms with Gasteiger partial charge in [-0.15, -0.1) is 0 Å². The molecule has 0 saturated carbocycles. The Bertz CT molecular complexity index is 659. The lowest BCUT2D eigenvalue weighted by molar-refractivity contribution is -0.134. The number of likely N-dealkylation sites (tertiary alicyclic amines) is 1. The molecule has 7 heteroatoms. The molecule has 1 aromatic rings. The number of oxime groups is 1. The fourth-order valence-corrected chi connectivity index (χ4v) is 3.05. The maximum atomic E-state index is 12.3. The molecule has 3 rings (SSSR count). The van der Waals surface area contributed by atoms with E-state index < -0.39 is 5.60 Å². The van der Waals surface area contributed by atoms with Gasteiger partial charge in [0, 0.05) is 44.2 Å². The lowest BCUT2D eigenvalue weighted by atomic mass is 9.96. The van der Waals surface area contributed by atoms with E-state index in [1.807, 2.05) is 26.0 Å². The van der Waals surface area contributed by atoms with Gasteiger partial charge in [0.2, 0.25) is 5.91 Å². The van der Waals surface area contributed by atoms with E-state index in [0.29, 0.717) is 38.2 Å². The highest BCUT2D eigenvalue weighted by Gasteiger charge is 2.48. The Labute approximate surface area is 141 Å². The van der Waals surface area contributed by atoms with Gasteiger partial charge in [-0.1, -0.05) is 25.1 Å². The van der Waals surface area contributed by atoms with Crippen LogP contribution >= 0.6 is 0 Å². The topological polar surface area (TPSA) is 83.9 Å². The third-order valence-electron chi connectivity index (χ3n) is 4.40. The van der Waals surface area contributed by atoms with E-state index in [2.05, 4.69) is 15.5 Å². The van der Waals surface area contributed by atoms with E-state index in [9.17, 15) is 9.59 Å². The number of carbonyl (C=O) groups is 2. The molecular formula is C17H22N4O3. The summed E-state index contributed by atoms with van der Waals surface area (Å²) in [6, 6.07) is 3.72. The fourth-order valence-electron chi connectivity index (χ4n) is 3.05. The van der Waals surface area contributed by atoms with Crippen molar-refractivity contribution in [3.8, 4) is 0 Å². The van der Waals surface area contributed by atoms with Gasteiger partial charge in [-0.25, -0.2) is 0 Å². The maximum Gasteiger partial charge on any atom is 0.269 e. The van der Waals surface area contributed by atoms with Gasteiger partial charge in [0.25, 0.3) is 5.91 Å². The summed E-state index contributed by atoms with van der Waals surface area (Å²) in [7, 11) is 0. The molecule has 1 spiro atoms. The van der Waals surface area contributed by atoms with Crippen molar-refractivity contribution in [1.29, 1.82) is 0 Å². The Kier molecular flexibility index (Phi) is 4.51. The lowest BCUT2D eigenvalue weighted by Gasteiger charge is -2.22. The average molecular weight is 330 g/mol. The van der Waals surface area contributed by atoms with Crippen LogP contribution < -0.4 is 5.32 Å². The van der Waals surface area contributed by atoms with Crippen LogP contribution in [0.4, 0.5) is 0 Å². The Morgan fingerprint density at radius 1 is 1.46 bits per heavy atom. The molecule has 0 bridgehead atoms. The molecule has 0 radical (unpaired) electrons. The summed E-state index contributed by atoms with van der Waals surface area (Å²) in [5.74, 6) is -0.154. The molecule has 3 heterocycles. The summed E-state index contributed by atoms with van der Waals surface area (Å²) in [6.45, 7) is 5.31. The Hall–Kier alpha value is -2.44. The zero-order valence-corrected chi connectivity index (χ0v) is 14.0. The number of hydrogen-bond donors (Lipinski definition) is 1. The first-order valence-electron chi connectivity index (χ1n) is 8.20. The molecule has 128 valence electrons. The van der Waals surface area contributed by atoms with E-state index in [-0.39, 0.29) is 17.7 Å². The molecule has 1 aromatic heterocycles. The molecule has 0 aromatic carbocycles. The Morgan fingerprint density at radius 2 is 2.29 bits per heavy atom. The molecular weight excluding hydrogens is 308 g/mol. The molecule has 0 aliphatic carbocycles. The van der Waals surface area contributed by atoms with E-state index in [4.69, 9.17) is 4.84 Å². The van der Waals surface area contributed by atoms with Crippen LogP contribution in [0.25, 0.3) is 0 Å². The molecule has 2 aliphatic heterocycles. The highest BCUT2D eigenvalue weighted by Crippen LogP contribution is 2.34. The van der Waals surface area contributed by atoms with E-state index in [0.717, 1.165) is 5.56 Å². The minimum Gasteiger partial charge on any atom is -0.386 e. The normalized spacial score (nSPS) is 22.6. The van der Waals surface area contributed by atoms with Crippen LogP contribution in [0.3, 0.4) is 0 Å². The van der Waals surface area contributed by atoms with Gasteiger partial charge >= 0.3 is 0 Å². The molecule has 1 fully saturated rings. The number of carbonyl (C=O) groups excluding carboxylic acids is 2. The van der Waals surface area contributed by atoms with Gasteiger partial charge < -0.3 is 15.1 Å². The number of aromatic nitrogens is 1. The molecule has 1 unspecified atom stereocenters. The zero-order valence-electron chi connectivity index (χ0n) is 14.0. The summed E-state index contributed by atoms with van der Waals surface area (Å²) in [5, 5.41) is 6.80. The van der Waals surface area contributed by atoms with Crippen LogP contribution in [0, 0.1) is 5.92 Å². The minimum atomic E-state index is -0.536. The first kappa shape index (κ1) is 16.4. The van der Waals surface area contributed by atoms with Crippen LogP contribution in [0.1, 0.15) is 32.3 Å². The Balaban J connectivity index is 1.53. The Morgan fingerprint density at radius 3 is 3.00 bits per heavy atom. The van der Waals surface area contributed by atoms with Crippen LogP contribution in [0.5, 0.6) is 0 Å². The predicted octanol–water partition coefficient (Wildman–Crippen LogP) is 1.10. The SMILES string of the molecule is CC(C)C(=O)N1CCC2(CC(C(=O)NCc3cccnc3)=NO2)C1. The number of rotatable bonds is 4. The first-order valence-corrected chi connectivity index (χ1v) is 8.20. The molecule has 1 N–H and O–H groups in total. The number of nitrogens with zero attached hydrogens (tertiary/aromatic N) is 3. The smallest absolute Gasteiger partial charge is 0.269 e. The van der Waals surface area contributed by atoms with Crippen molar-refractivity contribution in [2.75, 3.05) is 13.1 Å². The highest BCUT2D eigenvalue weighted by molar-refractivity contribution is 6.39. The van der Waals surface area contributed by atoms with E-state index >= 15 is 0 Å². The molecule has 2 amide bonds. The molecule has 1 saturated heterocycles. The number of hydrogen-bond acceptors (Lipinski definition) is 5. The molecule has 2 aliphatic rings. The lowest BCUT2D eigenvalue weighted by Crippen LogP contribution is -2.39. The third-order valence-corrected chi connectivity index (χ3v) is 4.40. The van der Waals surface area contributed by atoms with Gasteiger partial charge in [0.15, 0.2) is 5.60 Å².